The van der Waals surface area contributed by atoms with Gasteiger partial charge in [-0.25, -0.2) is 4.79 Å². The van der Waals surface area contributed by atoms with Crippen molar-refractivity contribution in [2.24, 2.45) is 0 Å². The number of benzene rings is 1. The molecule has 0 radical (unpaired) electrons. The minimum absolute atomic E-state index is 0.00768. The molecule has 0 bridgehead atoms. The lowest BCUT2D eigenvalue weighted by atomic mass is 10.2. The molecule has 24 heavy (non-hydrogen) atoms. The number of carbonyl (C=O) groups excluding carboxylic acids is 2. The second-order valence-electron chi connectivity index (χ2n) is 5.99. The fraction of sp³-hybridized carbons (Fsp3) is 0.389. The van der Waals surface area contributed by atoms with Gasteiger partial charge in [-0.15, -0.1) is 0 Å². The monoisotopic (exact) mass is 329 g/mol. The van der Waals surface area contributed by atoms with E-state index >= 15 is 0 Å². The minimum atomic E-state index is -0.525. The molecule has 2 aromatic rings. The first kappa shape index (κ1) is 17.7. The van der Waals surface area contributed by atoms with Crippen molar-refractivity contribution in [2.45, 2.75) is 40.3 Å². The lowest BCUT2D eigenvalue weighted by Crippen LogP contribution is -2.34. The number of ether oxygens (including phenoxy) is 1. The van der Waals surface area contributed by atoms with Crippen LogP contribution in [0.3, 0.4) is 0 Å². The number of aromatic nitrogens is 2. The van der Waals surface area contributed by atoms with E-state index in [-0.39, 0.29) is 18.6 Å². The van der Waals surface area contributed by atoms with Crippen LogP contribution in [0.1, 0.15) is 41.2 Å². The summed E-state index contributed by atoms with van der Waals surface area (Å²) in [7, 11) is 0. The summed E-state index contributed by atoms with van der Waals surface area (Å²) in [5, 5.41) is 7.10. The lowest BCUT2D eigenvalue weighted by molar-refractivity contribution is -0.124. The summed E-state index contributed by atoms with van der Waals surface area (Å²) < 4.78 is 6.88. The molecule has 1 heterocycles. The Bertz CT molecular complexity index is 721. The van der Waals surface area contributed by atoms with E-state index < -0.39 is 5.97 Å². The fourth-order valence-corrected chi connectivity index (χ4v) is 2.47. The van der Waals surface area contributed by atoms with Crippen molar-refractivity contribution in [3.05, 3.63) is 52.8 Å². The van der Waals surface area contributed by atoms with Crippen molar-refractivity contribution in [1.29, 1.82) is 0 Å². The summed E-state index contributed by atoms with van der Waals surface area (Å²) in [4.78, 5) is 23.9. The quantitative estimate of drug-likeness (QED) is 0.825. The number of hydrogen-bond acceptors (Lipinski definition) is 4. The van der Waals surface area contributed by atoms with Crippen LogP contribution in [0.5, 0.6) is 0 Å². The van der Waals surface area contributed by atoms with Crippen LogP contribution < -0.4 is 5.32 Å². The first-order valence-electron chi connectivity index (χ1n) is 7.93. The van der Waals surface area contributed by atoms with E-state index in [0.717, 1.165) is 11.3 Å². The van der Waals surface area contributed by atoms with Gasteiger partial charge < -0.3 is 10.1 Å². The second-order valence-corrected chi connectivity index (χ2v) is 5.99. The highest BCUT2D eigenvalue weighted by Crippen LogP contribution is 2.16. The SMILES string of the molecule is Cc1nn(Cc2ccccc2)c(C)c1C(=O)OCC(=O)NC(C)C. The van der Waals surface area contributed by atoms with Crippen molar-refractivity contribution in [3.63, 3.8) is 0 Å². The third-order valence-electron chi connectivity index (χ3n) is 3.54. The Labute approximate surface area is 141 Å². The van der Waals surface area contributed by atoms with E-state index in [1.807, 2.05) is 51.1 Å². The Morgan fingerprint density at radius 3 is 2.50 bits per heavy atom. The van der Waals surface area contributed by atoms with Crippen LogP contribution in [0.4, 0.5) is 0 Å². The zero-order valence-electron chi connectivity index (χ0n) is 14.5. The molecule has 1 amide bonds. The Hall–Kier alpha value is -2.63. The lowest BCUT2D eigenvalue weighted by Gasteiger charge is -2.09. The normalized spacial score (nSPS) is 10.7. The van der Waals surface area contributed by atoms with E-state index in [1.54, 1.807) is 11.6 Å². The molecule has 0 fully saturated rings. The summed E-state index contributed by atoms with van der Waals surface area (Å²) in [5.41, 5.74) is 2.84. The van der Waals surface area contributed by atoms with E-state index in [9.17, 15) is 9.59 Å². The molecule has 0 saturated heterocycles. The number of nitrogens with one attached hydrogen (secondary N) is 1. The third-order valence-corrected chi connectivity index (χ3v) is 3.54. The molecule has 1 aromatic heterocycles. The molecule has 1 N–H and O–H groups in total. The van der Waals surface area contributed by atoms with Gasteiger partial charge in [-0.1, -0.05) is 30.3 Å². The van der Waals surface area contributed by atoms with Crippen LogP contribution in [-0.4, -0.2) is 34.3 Å². The van der Waals surface area contributed by atoms with Crippen molar-refractivity contribution in [2.75, 3.05) is 6.61 Å². The fourth-order valence-electron chi connectivity index (χ4n) is 2.47. The highest BCUT2D eigenvalue weighted by Gasteiger charge is 2.21. The number of aryl methyl sites for hydroxylation is 1. The van der Waals surface area contributed by atoms with Crippen molar-refractivity contribution < 1.29 is 14.3 Å². The molecule has 6 nitrogen and oxygen atoms in total. The molecule has 1 aromatic carbocycles. The van der Waals surface area contributed by atoms with Gasteiger partial charge in [-0.3, -0.25) is 9.48 Å². The third kappa shape index (κ3) is 4.44. The van der Waals surface area contributed by atoms with Crippen LogP contribution in [0.15, 0.2) is 30.3 Å². The predicted octanol–water partition coefficient (Wildman–Crippen LogP) is 2.23. The van der Waals surface area contributed by atoms with Gasteiger partial charge in [0.15, 0.2) is 6.61 Å². The molecule has 2 rings (SSSR count). The largest absolute Gasteiger partial charge is 0.452 e. The Morgan fingerprint density at radius 2 is 1.88 bits per heavy atom. The molecule has 0 saturated carbocycles. The molecule has 6 heteroatoms. The highest BCUT2D eigenvalue weighted by molar-refractivity contribution is 5.93. The number of nitrogens with zero attached hydrogens (tertiary/aromatic N) is 2. The number of rotatable bonds is 6. The molecule has 0 aliphatic rings. The van der Waals surface area contributed by atoms with E-state index in [4.69, 9.17) is 4.74 Å². The molecule has 0 aliphatic carbocycles. The summed E-state index contributed by atoms with van der Waals surface area (Å²) in [6.07, 6.45) is 0. The van der Waals surface area contributed by atoms with Crippen molar-refractivity contribution >= 4 is 11.9 Å². The maximum atomic E-state index is 12.3. The topological polar surface area (TPSA) is 73.2 Å². The second kappa shape index (κ2) is 7.77. The van der Waals surface area contributed by atoms with E-state index in [1.165, 1.54) is 0 Å². The Kier molecular flexibility index (Phi) is 5.73. The zero-order chi connectivity index (χ0) is 17.7. The van der Waals surface area contributed by atoms with Gasteiger partial charge in [-0.05, 0) is 33.3 Å². The average Bonchev–Trinajstić information content (AvgIpc) is 2.79. The summed E-state index contributed by atoms with van der Waals surface area (Å²) in [5.74, 6) is -0.839. The number of esters is 1. The summed E-state index contributed by atoms with van der Waals surface area (Å²) >= 11 is 0. The molecule has 0 atom stereocenters. The maximum absolute atomic E-state index is 12.3. The molecule has 0 spiro atoms. The summed E-state index contributed by atoms with van der Waals surface area (Å²) in [6.45, 7) is 7.57. The Balaban J connectivity index is 2.08. The van der Waals surface area contributed by atoms with Crippen LogP contribution in [0.2, 0.25) is 0 Å². The molecule has 0 unspecified atom stereocenters. The average molecular weight is 329 g/mol. The molecule has 0 aliphatic heterocycles. The van der Waals surface area contributed by atoms with Crippen LogP contribution >= 0.6 is 0 Å². The number of carbonyl (C=O) groups is 2. The Morgan fingerprint density at radius 1 is 1.21 bits per heavy atom. The number of hydrogen-bond donors (Lipinski definition) is 1. The molecular weight excluding hydrogens is 306 g/mol. The van der Waals surface area contributed by atoms with Crippen molar-refractivity contribution in [1.82, 2.24) is 15.1 Å². The smallest absolute Gasteiger partial charge is 0.342 e. The molecule has 128 valence electrons. The van der Waals surface area contributed by atoms with Gasteiger partial charge in [0.05, 0.1) is 17.9 Å². The molecular formula is C18H23N3O3. The summed E-state index contributed by atoms with van der Waals surface area (Å²) in [6, 6.07) is 9.89. The van der Waals surface area contributed by atoms with E-state index in [0.29, 0.717) is 17.8 Å². The van der Waals surface area contributed by atoms with Gasteiger partial charge >= 0.3 is 5.97 Å². The van der Waals surface area contributed by atoms with Gasteiger partial charge in [0, 0.05) is 6.04 Å². The van der Waals surface area contributed by atoms with Crippen LogP contribution in [0, 0.1) is 13.8 Å². The maximum Gasteiger partial charge on any atom is 0.342 e. The number of amides is 1. The first-order valence-corrected chi connectivity index (χ1v) is 7.93. The van der Waals surface area contributed by atoms with Crippen LogP contribution in [0.25, 0.3) is 0 Å². The van der Waals surface area contributed by atoms with Gasteiger partial charge in [0.1, 0.15) is 5.56 Å². The standard InChI is InChI=1S/C18H23N3O3/c1-12(2)19-16(22)11-24-18(23)17-13(3)20-21(14(17)4)10-15-8-6-5-7-9-15/h5-9,12H,10-11H2,1-4H3,(H,19,22). The predicted molar refractivity (Wildman–Crippen MR) is 90.8 cm³/mol. The highest BCUT2D eigenvalue weighted by atomic mass is 16.5. The van der Waals surface area contributed by atoms with Gasteiger partial charge in [0.25, 0.3) is 5.91 Å². The first-order chi connectivity index (χ1) is 11.4. The van der Waals surface area contributed by atoms with Gasteiger partial charge in [0.2, 0.25) is 0 Å². The van der Waals surface area contributed by atoms with Crippen LogP contribution in [-0.2, 0) is 16.1 Å². The van der Waals surface area contributed by atoms with Gasteiger partial charge in [-0.2, -0.15) is 5.10 Å². The van der Waals surface area contributed by atoms with Crippen molar-refractivity contribution in [3.8, 4) is 0 Å². The minimum Gasteiger partial charge on any atom is -0.452 e. The van der Waals surface area contributed by atoms with E-state index in [2.05, 4.69) is 10.4 Å². The zero-order valence-corrected chi connectivity index (χ0v) is 14.5.